The molecule has 1 saturated carbocycles. The molecule has 4 nitrogen and oxygen atoms in total. The number of aliphatic hydroxyl groups is 2. The van der Waals surface area contributed by atoms with Crippen LogP contribution in [0.5, 0.6) is 0 Å². The second kappa shape index (κ2) is 8.09. The van der Waals surface area contributed by atoms with Gasteiger partial charge in [0, 0.05) is 25.7 Å². The molecule has 2 saturated heterocycles. The molecular weight excluding hydrogens is 276 g/mol. The minimum absolute atomic E-state index is 0.121. The summed E-state index contributed by atoms with van der Waals surface area (Å²) >= 11 is 0. The number of nitrogens with zero attached hydrogens (tertiary/aromatic N) is 2. The van der Waals surface area contributed by atoms with Gasteiger partial charge in [0.1, 0.15) is 0 Å². The minimum Gasteiger partial charge on any atom is -0.393 e. The van der Waals surface area contributed by atoms with Crippen LogP contribution in [0.25, 0.3) is 0 Å². The van der Waals surface area contributed by atoms with E-state index in [1.165, 1.54) is 45.1 Å². The van der Waals surface area contributed by atoms with Crippen LogP contribution < -0.4 is 0 Å². The van der Waals surface area contributed by atoms with E-state index < -0.39 is 0 Å². The van der Waals surface area contributed by atoms with Gasteiger partial charge in [0.15, 0.2) is 0 Å². The molecule has 1 aliphatic carbocycles. The van der Waals surface area contributed by atoms with Crippen LogP contribution in [0.3, 0.4) is 0 Å². The van der Waals surface area contributed by atoms with Gasteiger partial charge < -0.3 is 15.1 Å². The molecule has 0 amide bonds. The first kappa shape index (κ1) is 16.7. The predicted octanol–water partition coefficient (Wildman–Crippen LogP) is 1.85. The van der Waals surface area contributed by atoms with Crippen LogP contribution in [0, 0.1) is 5.92 Å². The van der Waals surface area contributed by atoms with Crippen LogP contribution in [-0.4, -0.2) is 71.0 Å². The van der Waals surface area contributed by atoms with E-state index in [4.69, 9.17) is 0 Å². The molecular formula is C18H34N2O2. The number of piperidine rings is 2. The molecule has 0 bridgehead atoms. The van der Waals surface area contributed by atoms with Gasteiger partial charge in [-0.15, -0.1) is 0 Å². The van der Waals surface area contributed by atoms with Gasteiger partial charge in [-0.1, -0.05) is 25.7 Å². The average molecular weight is 310 g/mol. The summed E-state index contributed by atoms with van der Waals surface area (Å²) in [6.07, 6.45) is 11.0. The number of likely N-dealkylation sites (tertiary alicyclic amines) is 2. The fourth-order valence-electron chi connectivity index (χ4n) is 4.73. The summed E-state index contributed by atoms with van der Waals surface area (Å²) in [7, 11) is 0. The van der Waals surface area contributed by atoms with Gasteiger partial charge in [-0.2, -0.15) is 0 Å². The van der Waals surface area contributed by atoms with Crippen LogP contribution in [-0.2, 0) is 0 Å². The molecule has 128 valence electrons. The van der Waals surface area contributed by atoms with Crippen molar-refractivity contribution in [2.45, 2.75) is 76.0 Å². The SMILES string of the molecule is OC1CCN([C@@H]2CCN(CCCC3CCCC3)C[C@H]2O)CC1. The number of hydrogen-bond acceptors (Lipinski definition) is 4. The Morgan fingerprint density at radius 1 is 0.864 bits per heavy atom. The lowest BCUT2D eigenvalue weighted by molar-refractivity contribution is -0.0341. The van der Waals surface area contributed by atoms with Crippen molar-refractivity contribution < 1.29 is 10.2 Å². The third-order valence-corrected chi connectivity index (χ3v) is 6.16. The highest BCUT2D eigenvalue weighted by Gasteiger charge is 2.33. The largest absolute Gasteiger partial charge is 0.393 e. The van der Waals surface area contributed by atoms with Crippen molar-refractivity contribution in [3.05, 3.63) is 0 Å². The van der Waals surface area contributed by atoms with Crippen LogP contribution >= 0.6 is 0 Å². The molecule has 3 fully saturated rings. The van der Waals surface area contributed by atoms with Crippen molar-refractivity contribution in [2.24, 2.45) is 5.92 Å². The molecule has 3 aliphatic rings. The van der Waals surface area contributed by atoms with Crippen molar-refractivity contribution >= 4 is 0 Å². The van der Waals surface area contributed by atoms with Crippen molar-refractivity contribution in [3.8, 4) is 0 Å². The summed E-state index contributed by atoms with van der Waals surface area (Å²) in [5.74, 6) is 0.988. The van der Waals surface area contributed by atoms with Gasteiger partial charge in [-0.25, -0.2) is 0 Å². The summed E-state index contributed by atoms with van der Waals surface area (Å²) in [6, 6.07) is 0.318. The second-order valence-electron chi connectivity index (χ2n) is 7.78. The maximum absolute atomic E-state index is 10.5. The molecule has 0 spiro atoms. The van der Waals surface area contributed by atoms with Crippen molar-refractivity contribution in [2.75, 3.05) is 32.7 Å². The first-order valence-corrected chi connectivity index (χ1v) is 9.55. The third-order valence-electron chi connectivity index (χ3n) is 6.16. The molecule has 2 heterocycles. The Morgan fingerprint density at radius 2 is 1.59 bits per heavy atom. The van der Waals surface area contributed by atoms with E-state index in [1.807, 2.05) is 0 Å². The summed E-state index contributed by atoms with van der Waals surface area (Å²) in [6.45, 7) is 5.04. The quantitative estimate of drug-likeness (QED) is 0.813. The van der Waals surface area contributed by atoms with Crippen LogP contribution in [0.15, 0.2) is 0 Å². The maximum atomic E-state index is 10.5. The number of rotatable bonds is 5. The summed E-state index contributed by atoms with van der Waals surface area (Å²) in [5.41, 5.74) is 0. The molecule has 0 unspecified atom stereocenters. The number of hydrogen-bond donors (Lipinski definition) is 2. The molecule has 0 aromatic rings. The molecule has 0 radical (unpaired) electrons. The monoisotopic (exact) mass is 310 g/mol. The molecule has 3 rings (SSSR count). The van der Waals surface area contributed by atoms with Crippen LogP contribution in [0.2, 0.25) is 0 Å². The minimum atomic E-state index is -0.213. The van der Waals surface area contributed by atoms with E-state index in [0.717, 1.165) is 51.4 Å². The molecule has 2 aliphatic heterocycles. The van der Waals surface area contributed by atoms with E-state index in [2.05, 4.69) is 9.80 Å². The predicted molar refractivity (Wildman–Crippen MR) is 88.9 cm³/mol. The summed E-state index contributed by atoms with van der Waals surface area (Å²) < 4.78 is 0. The smallest absolute Gasteiger partial charge is 0.0822 e. The second-order valence-corrected chi connectivity index (χ2v) is 7.78. The zero-order chi connectivity index (χ0) is 15.4. The lowest BCUT2D eigenvalue weighted by Crippen LogP contribution is -2.56. The first-order valence-electron chi connectivity index (χ1n) is 9.55. The topological polar surface area (TPSA) is 46.9 Å². The molecule has 0 aromatic heterocycles. The molecule has 2 atom stereocenters. The molecule has 2 N–H and O–H groups in total. The maximum Gasteiger partial charge on any atom is 0.0822 e. The lowest BCUT2D eigenvalue weighted by Gasteiger charge is -2.43. The van der Waals surface area contributed by atoms with Gasteiger partial charge in [0.05, 0.1) is 12.2 Å². The summed E-state index contributed by atoms with van der Waals surface area (Å²) in [4.78, 5) is 4.88. The number of aliphatic hydroxyl groups excluding tert-OH is 2. The van der Waals surface area contributed by atoms with E-state index in [1.54, 1.807) is 0 Å². The third kappa shape index (κ3) is 4.44. The number of β-amino-alcohol motifs (C(OH)–C–C–N with tert-alkyl or cyclic N) is 1. The Bertz CT molecular complexity index is 325. The van der Waals surface area contributed by atoms with Crippen LogP contribution in [0.4, 0.5) is 0 Å². The van der Waals surface area contributed by atoms with Gasteiger partial charge in [0.2, 0.25) is 0 Å². The first-order chi connectivity index (χ1) is 10.7. The zero-order valence-corrected chi connectivity index (χ0v) is 14.0. The Hall–Kier alpha value is -0.160. The highest BCUT2D eigenvalue weighted by atomic mass is 16.3. The van der Waals surface area contributed by atoms with Gasteiger partial charge in [-0.05, 0) is 51.1 Å². The van der Waals surface area contributed by atoms with Crippen LogP contribution in [0.1, 0.15) is 57.8 Å². The van der Waals surface area contributed by atoms with E-state index >= 15 is 0 Å². The van der Waals surface area contributed by atoms with Gasteiger partial charge in [0.25, 0.3) is 0 Å². The van der Waals surface area contributed by atoms with E-state index in [9.17, 15) is 10.2 Å². The van der Waals surface area contributed by atoms with Crippen molar-refractivity contribution in [1.29, 1.82) is 0 Å². The van der Waals surface area contributed by atoms with Crippen molar-refractivity contribution in [3.63, 3.8) is 0 Å². The Kier molecular flexibility index (Phi) is 6.14. The van der Waals surface area contributed by atoms with E-state index in [-0.39, 0.29) is 12.2 Å². The summed E-state index contributed by atoms with van der Waals surface area (Å²) in [5, 5.41) is 20.1. The highest BCUT2D eigenvalue weighted by Crippen LogP contribution is 2.29. The lowest BCUT2D eigenvalue weighted by atomic mass is 9.96. The highest BCUT2D eigenvalue weighted by molar-refractivity contribution is 4.89. The zero-order valence-electron chi connectivity index (χ0n) is 14.0. The fourth-order valence-corrected chi connectivity index (χ4v) is 4.73. The van der Waals surface area contributed by atoms with Crippen molar-refractivity contribution in [1.82, 2.24) is 9.80 Å². The van der Waals surface area contributed by atoms with Gasteiger partial charge in [-0.3, -0.25) is 4.90 Å². The fraction of sp³-hybridized carbons (Fsp3) is 1.00. The van der Waals surface area contributed by atoms with E-state index in [0.29, 0.717) is 6.04 Å². The Labute approximate surface area is 135 Å². The molecule has 4 heteroatoms. The Morgan fingerprint density at radius 3 is 2.27 bits per heavy atom. The molecule has 22 heavy (non-hydrogen) atoms. The normalized spacial score (nSPS) is 33.5. The van der Waals surface area contributed by atoms with Gasteiger partial charge >= 0.3 is 0 Å². The standard InChI is InChI=1S/C18H34N2O2/c21-16-7-12-20(13-8-16)17-9-11-19(14-18(17)22)10-3-6-15-4-1-2-5-15/h15-18,21-22H,1-14H2/t17-,18-/m1/s1. The molecule has 0 aromatic carbocycles. The Balaban J connectivity index is 1.36. The average Bonchev–Trinajstić information content (AvgIpc) is 3.02.